The first kappa shape index (κ1) is 20.6. The van der Waals surface area contributed by atoms with Crippen molar-refractivity contribution in [1.29, 1.82) is 0 Å². The number of nitrogens with one attached hydrogen (secondary N) is 2. The lowest BCUT2D eigenvalue weighted by atomic mass is 9.93. The standard InChI is InChI=1S/C20H28N2O5/c1-5-9-15-17(19(23)27-8-4)18(22-20(24)21-15)14-11-10-13(25-6-2)12-16(14)26-7-3/h10-12,18H,5-9H2,1-4H3,(H2,21,22,24). The molecular weight excluding hydrogens is 348 g/mol. The van der Waals surface area contributed by atoms with Crippen molar-refractivity contribution >= 4 is 12.0 Å². The Morgan fingerprint density at radius 3 is 2.44 bits per heavy atom. The van der Waals surface area contributed by atoms with E-state index in [2.05, 4.69) is 10.6 Å². The van der Waals surface area contributed by atoms with Crippen molar-refractivity contribution in [3.8, 4) is 11.5 Å². The van der Waals surface area contributed by atoms with Gasteiger partial charge >= 0.3 is 12.0 Å². The molecule has 1 aliphatic rings. The maximum atomic E-state index is 12.7. The molecule has 2 N–H and O–H groups in total. The molecule has 0 saturated heterocycles. The van der Waals surface area contributed by atoms with Crippen LogP contribution in [0.25, 0.3) is 0 Å². The molecule has 0 radical (unpaired) electrons. The minimum Gasteiger partial charge on any atom is -0.494 e. The van der Waals surface area contributed by atoms with E-state index in [1.165, 1.54) is 0 Å². The number of rotatable bonds is 9. The summed E-state index contributed by atoms with van der Waals surface area (Å²) in [6, 6.07) is 4.38. The molecule has 2 rings (SSSR count). The van der Waals surface area contributed by atoms with E-state index >= 15 is 0 Å². The Balaban J connectivity index is 2.56. The van der Waals surface area contributed by atoms with Crippen molar-refractivity contribution in [3.63, 3.8) is 0 Å². The SMILES string of the molecule is CCCC1=C(C(=O)OCC)C(c2ccc(OCC)cc2OCC)NC(=O)N1. The zero-order valence-corrected chi connectivity index (χ0v) is 16.4. The zero-order valence-electron chi connectivity index (χ0n) is 16.4. The molecule has 1 atom stereocenters. The van der Waals surface area contributed by atoms with Gasteiger partial charge in [-0.1, -0.05) is 13.3 Å². The van der Waals surface area contributed by atoms with Gasteiger partial charge in [0.05, 0.1) is 31.4 Å². The number of amides is 2. The van der Waals surface area contributed by atoms with Crippen molar-refractivity contribution in [3.05, 3.63) is 35.0 Å². The summed E-state index contributed by atoms with van der Waals surface area (Å²) in [5, 5.41) is 5.58. The summed E-state index contributed by atoms with van der Waals surface area (Å²) in [5.74, 6) is 0.781. The summed E-state index contributed by atoms with van der Waals surface area (Å²) < 4.78 is 16.6. The first-order chi connectivity index (χ1) is 13.0. The number of ether oxygens (including phenoxy) is 3. The minimum absolute atomic E-state index is 0.254. The van der Waals surface area contributed by atoms with E-state index in [4.69, 9.17) is 14.2 Å². The van der Waals surface area contributed by atoms with Crippen molar-refractivity contribution in [2.24, 2.45) is 0 Å². The minimum atomic E-state index is -0.656. The molecule has 2 amide bonds. The number of hydrogen-bond donors (Lipinski definition) is 2. The van der Waals surface area contributed by atoms with E-state index in [1.807, 2.05) is 26.8 Å². The normalized spacial score (nSPS) is 16.4. The highest BCUT2D eigenvalue weighted by Crippen LogP contribution is 2.36. The molecule has 148 valence electrons. The number of benzene rings is 1. The molecule has 0 fully saturated rings. The lowest BCUT2D eigenvalue weighted by molar-refractivity contribution is -0.139. The highest BCUT2D eigenvalue weighted by molar-refractivity contribution is 5.95. The average molecular weight is 376 g/mol. The number of carbonyl (C=O) groups excluding carboxylic acids is 2. The third-order valence-corrected chi connectivity index (χ3v) is 4.06. The Morgan fingerprint density at radius 1 is 1.07 bits per heavy atom. The van der Waals surface area contributed by atoms with E-state index in [9.17, 15) is 9.59 Å². The molecule has 0 aliphatic carbocycles. The van der Waals surface area contributed by atoms with E-state index in [1.54, 1.807) is 19.1 Å². The van der Waals surface area contributed by atoms with Gasteiger partial charge in [-0.3, -0.25) is 0 Å². The highest BCUT2D eigenvalue weighted by Gasteiger charge is 2.35. The number of esters is 1. The summed E-state index contributed by atoms with van der Waals surface area (Å²) in [7, 11) is 0. The third-order valence-electron chi connectivity index (χ3n) is 4.06. The lowest BCUT2D eigenvalue weighted by Crippen LogP contribution is -2.46. The van der Waals surface area contributed by atoms with E-state index in [-0.39, 0.29) is 12.6 Å². The van der Waals surface area contributed by atoms with E-state index in [0.29, 0.717) is 48.0 Å². The third kappa shape index (κ3) is 4.93. The van der Waals surface area contributed by atoms with Crippen LogP contribution in [0.4, 0.5) is 4.79 Å². The monoisotopic (exact) mass is 376 g/mol. The second-order valence-electron chi connectivity index (χ2n) is 5.96. The quantitative estimate of drug-likeness (QED) is 0.645. The van der Waals surface area contributed by atoms with Crippen LogP contribution in [0.5, 0.6) is 11.5 Å². The van der Waals surface area contributed by atoms with Gasteiger partial charge in [-0.2, -0.15) is 0 Å². The van der Waals surface area contributed by atoms with Crippen LogP contribution in [-0.4, -0.2) is 31.8 Å². The van der Waals surface area contributed by atoms with E-state index < -0.39 is 12.0 Å². The number of allylic oxidation sites excluding steroid dienone is 1. The van der Waals surface area contributed by atoms with Crippen LogP contribution in [0.3, 0.4) is 0 Å². The molecule has 0 aromatic heterocycles. The van der Waals surface area contributed by atoms with E-state index in [0.717, 1.165) is 6.42 Å². The van der Waals surface area contributed by atoms with Gasteiger partial charge in [0, 0.05) is 17.3 Å². The fourth-order valence-electron chi connectivity index (χ4n) is 3.04. The second kappa shape index (κ2) is 9.85. The molecule has 0 bridgehead atoms. The summed E-state index contributed by atoms with van der Waals surface area (Å²) in [4.78, 5) is 24.9. The lowest BCUT2D eigenvalue weighted by Gasteiger charge is -2.30. The Bertz CT molecular complexity index is 714. The van der Waals surface area contributed by atoms with Gasteiger partial charge in [-0.25, -0.2) is 9.59 Å². The molecule has 0 spiro atoms. The molecule has 1 aromatic carbocycles. The van der Waals surface area contributed by atoms with Crippen LogP contribution in [0, 0.1) is 0 Å². The fourth-order valence-corrected chi connectivity index (χ4v) is 3.04. The maximum absolute atomic E-state index is 12.7. The number of hydrogen-bond acceptors (Lipinski definition) is 5. The predicted molar refractivity (Wildman–Crippen MR) is 102 cm³/mol. The van der Waals surface area contributed by atoms with Crippen LogP contribution < -0.4 is 20.1 Å². The van der Waals surface area contributed by atoms with Gasteiger partial charge in [-0.05, 0) is 39.3 Å². The first-order valence-corrected chi connectivity index (χ1v) is 9.42. The molecule has 1 aliphatic heterocycles. The molecule has 1 heterocycles. The van der Waals surface area contributed by atoms with Gasteiger partial charge < -0.3 is 24.8 Å². The zero-order chi connectivity index (χ0) is 19.8. The second-order valence-corrected chi connectivity index (χ2v) is 5.96. The topological polar surface area (TPSA) is 85.9 Å². The van der Waals surface area contributed by atoms with Crippen LogP contribution >= 0.6 is 0 Å². The van der Waals surface area contributed by atoms with Gasteiger partial charge in [0.2, 0.25) is 0 Å². The largest absolute Gasteiger partial charge is 0.494 e. The van der Waals surface area contributed by atoms with Crippen LogP contribution in [0.2, 0.25) is 0 Å². The maximum Gasteiger partial charge on any atom is 0.338 e. The Kier molecular flexibility index (Phi) is 7.52. The molecule has 7 heteroatoms. The Labute approximate surface area is 160 Å². The van der Waals surface area contributed by atoms with Crippen LogP contribution in [0.1, 0.15) is 52.1 Å². The van der Waals surface area contributed by atoms with Crippen LogP contribution in [-0.2, 0) is 9.53 Å². The molecular formula is C20H28N2O5. The van der Waals surface area contributed by atoms with Crippen LogP contribution in [0.15, 0.2) is 29.5 Å². The molecule has 7 nitrogen and oxygen atoms in total. The van der Waals surface area contributed by atoms with Gasteiger partial charge in [0.1, 0.15) is 11.5 Å². The van der Waals surface area contributed by atoms with Crippen molar-refractivity contribution in [2.75, 3.05) is 19.8 Å². The molecule has 1 unspecified atom stereocenters. The highest BCUT2D eigenvalue weighted by atomic mass is 16.5. The summed E-state index contributed by atoms with van der Waals surface area (Å²) in [6.45, 7) is 8.75. The number of urea groups is 1. The number of carbonyl (C=O) groups is 2. The fraction of sp³-hybridized carbons (Fsp3) is 0.500. The Hall–Kier alpha value is -2.70. The van der Waals surface area contributed by atoms with Gasteiger partial charge in [0.15, 0.2) is 0 Å². The van der Waals surface area contributed by atoms with Gasteiger partial charge in [-0.15, -0.1) is 0 Å². The predicted octanol–water partition coefficient (Wildman–Crippen LogP) is 3.46. The summed E-state index contributed by atoms with van der Waals surface area (Å²) >= 11 is 0. The molecule has 27 heavy (non-hydrogen) atoms. The van der Waals surface area contributed by atoms with Gasteiger partial charge in [0.25, 0.3) is 0 Å². The Morgan fingerprint density at radius 2 is 1.81 bits per heavy atom. The van der Waals surface area contributed by atoms with Crippen molar-refractivity contribution in [1.82, 2.24) is 10.6 Å². The molecule has 0 saturated carbocycles. The average Bonchev–Trinajstić information content (AvgIpc) is 2.62. The smallest absolute Gasteiger partial charge is 0.338 e. The summed E-state index contributed by atoms with van der Waals surface area (Å²) in [6.07, 6.45) is 1.35. The van der Waals surface area contributed by atoms with Crippen molar-refractivity contribution in [2.45, 2.75) is 46.6 Å². The summed E-state index contributed by atoms with van der Waals surface area (Å²) in [5.41, 5.74) is 1.68. The van der Waals surface area contributed by atoms with Crippen molar-refractivity contribution < 1.29 is 23.8 Å². The molecule has 1 aromatic rings. The first-order valence-electron chi connectivity index (χ1n) is 9.42.